The van der Waals surface area contributed by atoms with Crippen LogP contribution in [0.2, 0.25) is 0 Å². The van der Waals surface area contributed by atoms with Crippen molar-refractivity contribution < 1.29 is 34.2 Å². The monoisotopic (exact) mass is 488 g/mol. The standard InChI is InChI=1S/C19H36N8O7/c1-9(2)6-12(17(32)27-13(18(33)34)7-14(21)29)26-16(31)11(4-3-5-24-19(22)23)25-15(30)10(20)8-28/h9-13,28H,3-8,20H2,1-2H3,(H2,21,29)(H,25,30)(H,26,31)(H,27,32)(H,33,34)(H4,22,23,24). The highest BCUT2D eigenvalue weighted by molar-refractivity contribution is 5.94. The van der Waals surface area contributed by atoms with Crippen molar-refractivity contribution in [2.45, 2.75) is 63.7 Å². The van der Waals surface area contributed by atoms with Crippen molar-refractivity contribution in [1.29, 1.82) is 0 Å². The molecule has 15 heteroatoms. The Morgan fingerprint density at radius 2 is 1.41 bits per heavy atom. The first kappa shape index (κ1) is 30.5. The minimum atomic E-state index is -1.57. The summed E-state index contributed by atoms with van der Waals surface area (Å²) in [4.78, 5) is 64.0. The minimum Gasteiger partial charge on any atom is -0.480 e. The van der Waals surface area contributed by atoms with Crippen LogP contribution in [0.3, 0.4) is 0 Å². The van der Waals surface area contributed by atoms with E-state index in [9.17, 15) is 29.1 Å². The average molecular weight is 489 g/mol. The molecule has 4 amide bonds. The molecule has 0 bridgehead atoms. The van der Waals surface area contributed by atoms with Gasteiger partial charge in [-0.2, -0.15) is 0 Å². The SMILES string of the molecule is CC(C)CC(NC(=O)C(CCCN=C(N)N)NC(=O)C(N)CO)C(=O)NC(CC(N)=O)C(=O)O. The van der Waals surface area contributed by atoms with Gasteiger partial charge >= 0.3 is 5.97 Å². The molecule has 0 fully saturated rings. The van der Waals surface area contributed by atoms with Crippen molar-refractivity contribution >= 4 is 35.6 Å². The number of amides is 4. The zero-order valence-electron chi connectivity index (χ0n) is 19.3. The molecule has 0 saturated heterocycles. The maximum atomic E-state index is 12.9. The molecule has 34 heavy (non-hydrogen) atoms. The fourth-order valence-electron chi connectivity index (χ4n) is 2.78. The number of aliphatic hydroxyl groups excluding tert-OH is 1. The Bertz CT molecular complexity index is 755. The lowest BCUT2D eigenvalue weighted by Crippen LogP contribution is -2.57. The van der Waals surface area contributed by atoms with Crippen LogP contribution >= 0.6 is 0 Å². The molecule has 0 aliphatic rings. The molecule has 0 aromatic heterocycles. The lowest BCUT2D eigenvalue weighted by atomic mass is 10.0. The van der Waals surface area contributed by atoms with Gasteiger partial charge in [0.1, 0.15) is 24.2 Å². The smallest absolute Gasteiger partial charge is 0.326 e. The second-order valence-electron chi connectivity index (χ2n) is 8.06. The van der Waals surface area contributed by atoms with Crippen molar-refractivity contribution in [3.8, 4) is 0 Å². The lowest BCUT2D eigenvalue weighted by molar-refractivity contribution is -0.144. The van der Waals surface area contributed by atoms with Crippen molar-refractivity contribution in [3.05, 3.63) is 0 Å². The maximum Gasteiger partial charge on any atom is 0.326 e. The second kappa shape index (κ2) is 15.4. The number of carbonyl (C=O) groups is 5. The van der Waals surface area contributed by atoms with Gasteiger partial charge < -0.3 is 49.1 Å². The zero-order chi connectivity index (χ0) is 26.4. The van der Waals surface area contributed by atoms with Gasteiger partial charge in [0, 0.05) is 6.54 Å². The highest BCUT2D eigenvalue weighted by Crippen LogP contribution is 2.08. The van der Waals surface area contributed by atoms with Gasteiger partial charge in [-0.1, -0.05) is 13.8 Å². The van der Waals surface area contributed by atoms with Crippen LogP contribution in [-0.2, 0) is 24.0 Å². The third-order valence-corrected chi connectivity index (χ3v) is 4.47. The predicted molar refractivity (Wildman–Crippen MR) is 122 cm³/mol. The highest BCUT2D eigenvalue weighted by atomic mass is 16.4. The van der Waals surface area contributed by atoms with E-state index in [0.29, 0.717) is 0 Å². The predicted octanol–water partition coefficient (Wildman–Crippen LogP) is -4.18. The Kier molecular flexibility index (Phi) is 13.8. The van der Waals surface area contributed by atoms with Crippen molar-refractivity contribution in [2.24, 2.45) is 33.8 Å². The van der Waals surface area contributed by atoms with E-state index in [4.69, 9.17) is 28.0 Å². The van der Waals surface area contributed by atoms with E-state index in [2.05, 4.69) is 20.9 Å². The zero-order valence-corrected chi connectivity index (χ0v) is 19.3. The van der Waals surface area contributed by atoms with E-state index in [1.54, 1.807) is 13.8 Å². The molecular formula is C19H36N8O7. The first-order chi connectivity index (χ1) is 15.8. The molecule has 0 spiro atoms. The summed E-state index contributed by atoms with van der Waals surface area (Å²) in [6.07, 6.45) is -0.148. The van der Waals surface area contributed by atoms with Crippen LogP contribution in [0, 0.1) is 5.92 Å². The van der Waals surface area contributed by atoms with Crippen LogP contribution in [-0.4, -0.2) is 83.1 Å². The number of guanidine groups is 1. The molecule has 0 aromatic carbocycles. The molecule has 0 heterocycles. The van der Waals surface area contributed by atoms with Gasteiger partial charge in [0.25, 0.3) is 0 Å². The van der Waals surface area contributed by atoms with Crippen molar-refractivity contribution in [1.82, 2.24) is 16.0 Å². The molecule has 15 nitrogen and oxygen atoms in total. The Labute approximate surface area is 197 Å². The molecule has 13 N–H and O–H groups in total. The number of carboxylic acid groups (broad SMARTS) is 1. The lowest BCUT2D eigenvalue weighted by Gasteiger charge is -2.25. The number of aliphatic imine (C=N–C) groups is 1. The van der Waals surface area contributed by atoms with Gasteiger partial charge in [-0.3, -0.25) is 24.2 Å². The van der Waals surface area contributed by atoms with Gasteiger partial charge in [0.2, 0.25) is 23.6 Å². The van der Waals surface area contributed by atoms with E-state index in [-0.39, 0.29) is 37.7 Å². The Hall–Kier alpha value is -3.46. The Morgan fingerprint density at radius 1 is 0.882 bits per heavy atom. The van der Waals surface area contributed by atoms with Gasteiger partial charge in [0.15, 0.2) is 5.96 Å². The summed E-state index contributed by atoms with van der Waals surface area (Å²) in [5.74, 6) is -5.01. The number of aliphatic carboxylic acids is 1. The van der Waals surface area contributed by atoms with E-state index in [1.807, 2.05) is 0 Å². The summed E-state index contributed by atoms with van der Waals surface area (Å²) in [7, 11) is 0. The van der Waals surface area contributed by atoms with Gasteiger partial charge in [0.05, 0.1) is 13.0 Å². The number of rotatable bonds is 16. The summed E-state index contributed by atoms with van der Waals surface area (Å²) in [6, 6.07) is -5.17. The number of primary amides is 1. The topological polar surface area (TPSA) is 278 Å². The number of nitrogens with zero attached hydrogens (tertiary/aromatic N) is 1. The average Bonchev–Trinajstić information content (AvgIpc) is 2.72. The van der Waals surface area contributed by atoms with E-state index in [1.165, 1.54) is 0 Å². The van der Waals surface area contributed by atoms with Crippen LogP contribution in [0.15, 0.2) is 4.99 Å². The fourth-order valence-corrected chi connectivity index (χ4v) is 2.78. The normalized spacial score (nSPS) is 14.3. The number of hydrogen-bond donors (Lipinski definition) is 9. The van der Waals surface area contributed by atoms with E-state index < -0.39 is 66.8 Å². The van der Waals surface area contributed by atoms with E-state index >= 15 is 0 Å². The molecule has 194 valence electrons. The molecule has 0 rings (SSSR count). The molecule has 0 aliphatic heterocycles. The quantitative estimate of drug-likeness (QED) is 0.0573. The number of nitrogens with one attached hydrogen (secondary N) is 3. The van der Waals surface area contributed by atoms with Crippen LogP contribution in [0.4, 0.5) is 0 Å². The Morgan fingerprint density at radius 3 is 1.88 bits per heavy atom. The van der Waals surface area contributed by atoms with Crippen molar-refractivity contribution in [2.75, 3.05) is 13.2 Å². The number of aliphatic hydroxyl groups is 1. The summed E-state index contributed by atoms with van der Waals surface area (Å²) < 4.78 is 0. The highest BCUT2D eigenvalue weighted by Gasteiger charge is 2.31. The minimum absolute atomic E-state index is 0.0714. The van der Waals surface area contributed by atoms with Crippen LogP contribution in [0.25, 0.3) is 0 Å². The first-order valence-electron chi connectivity index (χ1n) is 10.6. The summed E-state index contributed by atoms with van der Waals surface area (Å²) in [6.45, 7) is 3.07. The molecular weight excluding hydrogens is 452 g/mol. The fraction of sp³-hybridized carbons (Fsp3) is 0.684. The third kappa shape index (κ3) is 12.5. The van der Waals surface area contributed by atoms with Gasteiger partial charge in [-0.05, 0) is 25.2 Å². The molecule has 4 atom stereocenters. The van der Waals surface area contributed by atoms with Crippen LogP contribution in [0.1, 0.15) is 39.5 Å². The number of hydrogen-bond acceptors (Lipinski definition) is 8. The number of carboxylic acids is 1. The molecule has 4 unspecified atom stereocenters. The Balaban J connectivity index is 5.55. The van der Waals surface area contributed by atoms with Crippen molar-refractivity contribution in [3.63, 3.8) is 0 Å². The van der Waals surface area contributed by atoms with Gasteiger partial charge in [-0.15, -0.1) is 0 Å². The van der Waals surface area contributed by atoms with Gasteiger partial charge in [-0.25, -0.2) is 4.79 Å². The number of nitrogens with two attached hydrogens (primary N) is 4. The van der Waals surface area contributed by atoms with Crippen LogP contribution < -0.4 is 38.9 Å². The largest absolute Gasteiger partial charge is 0.480 e. The molecule has 0 aliphatic carbocycles. The summed E-state index contributed by atoms with van der Waals surface area (Å²) >= 11 is 0. The molecule has 0 radical (unpaired) electrons. The first-order valence-corrected chi connectivity index (χ1v) is 10.6. The molecule has 0 saturated carbocycles. The van der Waals surface area contributed by atoms with Crippen LogP contribution in [0.5, 0.6) is 0 Å². The summed E-state index contributed by atoms with van der Waals surface area (Å²) in [5.41, 5.74) is 21.0. The number of carbonyl (C=O) groups excluding carboxylic acids is 4. The maximum absolute atomic E-state index is 12.9. The van der Waals surface area contributed by atoms with E-state index in [0.717, 1.165) is 0 Å². The third-order valence-electron chi connectivity index (χ3n) is 4.47. The summed E-state index contributed by atoms with van der Waals surface area (Å²) in [5, 5.41) is 25.4. The second-order valence-corrected chi connectivity index (χ2v) is 8.06. The molecule has 0 aromatic rings.